The van der Waals surface area contributed by atoms with Crippen molar-refractivity contribution in [3.8, 4) is 0 Å². The van der Waals surface area contributed by atoms with E-state index in [1.807, 2.05) is 4.90 Å². The van der Waals surface area contributed by atoms with Crippen molar-refractivity contribution in [2.75, 3.05) is 37.6 Å². The number of aromatic carboxylic acids is 1. The lowest BCUT2D eigenvalue weighted by Gasteiger charge is -2.36. The van der Waals surface area contributed by atoms with Crippen LogP contribution in [0.2, 0.25) is 0 Å². The third-order valence-electron chi connectivity index (χ3n) is 5.38. The summed E-state index contributed by atoms with van der Waals surface area (Å²) in [5.74, 6) is -0.368. The molecule has 0 saturated carbocycles. The molecule has 0 atom stereocenters. The standard InChI is InChI=1S/C20H23N9O4/c21-6-1-2-17(30)27-8-10-28(11-9-27)18-14(3-4-15-23-25-26-24-15)19(31)29-7-5-13(20(32)33)12-16(29)22-18/h3-5,7,12H,1-2,6,8-11,21H2,(H,32,33)(H,23,24,25,26). The molecular weight excluding hydrogens is 430 g/mol. The average molecular weight is 453 g/mol. The Morgan fingerprint density at radius 2 is 2.00 bits per heavy atom. The molecule has 1 saturated heterocycles. The largest absolute Gasteiger partial charge is 0.478 e. The first kappa shape index (κ1) is 22.1. The summed E-state index contributed by atoms with van der Waals surface area (Å²) >= 11 is 0. The van der Waals surface area contributed by atoms with Crippen LogP contribution in [-0.4, -0.2) is 84.6 Å². The lowest BCUT2D eigenvalue weighted by Crippen LogP contribution is -2.49. The maximum Gasteiger partial charge on any atom is 0.335 e. The van der Waals surface area contributed by atoms with Gasteiger partial charge in [0.2, 0.25) is 5.91 Å². The molecule has 4 rings (SSSR count). The lowest BCUT2D eigenvalue weighted by molar-refractivity contribution is -0.131. The van der Waals surface area contributed by atoms with Crippen molar-refractivity contribution in [2.45, 2.75) is 12.8 Å². The molecule has 172 valence electrons. The minimum absolute atomic E-state index is 0.0262. The number of tetrazole rings is 1. The molecule has 0 aliphatic carbocycles. The van der Waals surface area contributed by atoms with Gasteiger partial charge in [-0.3, -0.25) is 14.0 Å². The number of anilines is 1. The number of H-pyrrole nitrogens is 1. The zero-order valence-corrected chi connectivity index (χ0v) is 17.7. The Balaban J connectivity index is 1.70. The molecule has 0 radical (unpaired) electrons. The number of rotatable bonds is 7. The predicted molar refractivity (Wildman–Crippen MR) is 119 cm³/mol. The maximum absolute atomic E-state index is 13.3. The van der Waals surface area contributed by atoms with Gasteiger partial charge in [-0.1, -0.05) is 0 Å². The van der Waals surface area contributed by atoms with E-state index in [1.54, 1.807) is 11.0 Å². The first-order valence-electron chi connectivity index (χ1n) is 10.4. The van der Waals surface area contributed by atoms with Gasteiger partial charge >= 0.3 is 5.97 Å². The van der Waals surface area contributed by atoms with Gasteiger partial charge in [0.15, 0.2) is 5.82 Å². The van der Waals surface area contributed by atoms with Gasteiger partial charge < -0.3 is 20.6 Å². The second-order valence-electron chi connectivity index (χ2n) is 7.47. The highest BCUT2D eigenvalue weighted by molar-refractivity contribution is 5.89. The van der Waals surface area contributed by atoms with Crippen molar-refractivity contribution in [3.63, 3.8) is 0 Å². The van der Waals surface area contributed by atoms with Crippen LogP contribution >= 0.6 is 0 Å². The molecular formula is C20H23N9O4. The number of nitrogens with two attached hydrogens (primary N) is 1. The summed E-state index contributed by atoms with van der Waals surface area (Å²) in [5, 5.41) is 22.9. The van der Waals surface area contributed by atoms with Crippen LogP contribution in [0.25, 0.3) is 17.8 Å². The van der Waals surface area contributed by atoms with E-state index >= 15 is 0 Å². The fraction of sp³-hybridized carbons (Fsp3) is 0.350. The molecule has 3 aromatic heterocycles. The van der Waals surface area contributed by atoms with Crippen LogP contribution in [0.3, 0.4) is 0 Å². The Bertz CT molecular complexity index is 1240. The van der Waals surface area contributed by atoms with Gasteiger partial charge in [0.1, 0.15) is 11.5 Å². The minimum atomic E-state index is -1.11. The number of fused-ring (bicyclic) bond motifs is 1. The van der Waals surface area contributed by atoms with Gasteiger partial charge in [-0.05, 0) is 42.5 Å². The number of carbonyl (C=O) groups is 2. The van der Waals surface area contributed by atoms with Crippen LogP contribution in [0.4, 0.5) is 5.82 Å². The van der Waals surface area contributed by atoms with Crippen LogP contribution < -0.4 is 16.2 Å². The Kier molecular flexibility index (Phi) is 6.40. The van der Waals surface area contributed by atoms with Gasteiger partial charge in [-0.25, -0.2) is 9.78 Å². The second kappa shape index (κ2) is 9.56. The molecule has 0 spiro atoms. The van der Waals surface area contributed by atoms with Crippen molar-refractivity contribution in [1.82, 2.24) is 34.9 Å². The SMILES string of the molecule is NCCCC(=O)N1CCN(c2nc3cc(C(=O)O)ccn3c(=O)c2C=Cc2nn[nH]n2)CC1. The van der Waals surface area contributed by atoms with Crippen LogP contribution in [0, 0.1) is 0 Å². The van der Waals surface area contributed by atoms with Gasteiger partial charge in [-0.15, -0.1) is 10.2 Å². The number of hydrogen-bond acceptors (Lipinski definition) is 9. The van der Waals surface area contributed by atoms with Crippen LogP contribution in [-0.2, 0) is 4.79 Å². The van der Waals surface area contributed by atoms with Crippen molar-refractivity contribution in [1.29, 1.82) is 0 Å². The second-order valence-corrected chi connectivity index (χ2v) is 7.47. The van der Waals surface area contributed by atoms with Gasteiger partial charge in [0, 0.05) is 38.8 Å². The van der Waals surface area contributed by atoms with Gasteiger partial charge in [0.25, 0.3) is 5.56 Å². The smallest absolute Gasteiger partial charge is 0.335 e. The highest BCUT2D eigenvalue weighted by atomic mass is 16.4. The van der Waals surface area contributed by atoms with Gasteiger partial charge in [-0.2, -0.15) is 5.21 Å². The van der Waals surface area contributed by atoms with Crippen LogP contribution in [0.15, 0.2) is 23.1 Å². The molecule has 4 heterocycles. The monoisotopic (exact) mass is 453 g/mol. The summed E-state index contributed by atoms with van der Waals surface area (Å²) in [5.41, 5.74) is 5.67. The molecule has 13 nitrogen and oxygen atoms in total. The summed E-state index contributed by atoms with van der Waals surface area (Å²) in [4.78, 5) is 45.3. The Morgan fingerprint density at radius 3 is 2.67 bits per heavy atom. The fourth-order valence-electron chi connectivity index (χ4n) is 3.64. The highest BCUT2D eigenvalue weighted by Crippen LogP contribution is 2.21. The molecule has 0 bridgehead atoms. The van der Waals surface area contributed by atoms with E-state index in [9.17, 15) is 19.5 Å². The number of nitrogens with one attached hydrogen (secondary N) is 1. The number of carbonyl (C=O) groups excluding carboxylic acids is 1. The molecule has 13 heteroatoms. The van der Waals surface area contributed by atoms with E-state index in [-0.39, 0.29) is 22.7 Å². The lowest BCUT2D eigenvalue weighted by atomic mass is 10.2. The molecule has 1 fully saturated rings. The van der Waals surface area contributed by atoms with E-state index in [0.717, 1.165) is 0 Å². The topological polar surface area (TPSA) is 176 Å². The number of hydrogen-bond donors (Lipinski definition) is 3. The predicted octanol–water partition coefficient (Wildman–Crippen LogP) is -0.536. The summed E-state index contributed by atoms with van der Waals surface area (Å²) in [6.07, 6.45) is 5.53. The Labute approximate surface area is 187 Å². The summed E-state index contributed by atoms with van der Waals surface area (Å²) in [6.45, 7) is 2.36. The van der Waals surface area contributed by atoms with Crippen LogP contribution in [0.5, 0.6) is 0 Å². The first-order chi connectivity index (χ1) is 16.0. The molecule has 33 heavy (non-hydrogen) atoms. The maximum atomic E-state index is 13.3. The Morgan fingerprint density at radius 1 is 1.21 bits per heavy atom. The number of carboxylic acid groups (broad SMARTS) is 1. The molecule has 3 aromatic rings. The number of nitrogens with zero attached hydrogens (tertiary/aromatic N) is 7. The first-order valence-corrected chi connectivity index (χ1v) is 10.4. The number of pyridine rings is 1. The summed E-state index contributed by atoms with van der Waals surface area (Å²) in [6, 6.07) is 2.70. The average Bonchev–Trinajstić information content (AvgIpc) is 3.35. The number of amides is 1. The summed E-state index contributed by atoms with van der Waals surface area (Å²) in [7, 11) is 0. The quantitative estimate of drug-likeness (QED) is 0.421. The van der Waals surface area contributed by atoms with Crippen molar-refractivity contribution < 1.29 is 14.7 Å². The Hall–Kier alpha value is -4.13. The zero-order valence-electron chi connectivity index (χ0n) is 17.7. The zero-order chi connectivity index (χ0) is 23.4. The molecule has 4 N–H and O–H groups in total. The molecule has 1 aliphatic rings. The van der Waals surface area contributed by atoms with Crippen molar-refractivity contribution in [2.24, 2.45) is 5.73 Å². The van der Waals surface area contributed by atoms with E-state index in [4.69, 9.17) is 5.73 Å². The molecule has 0 unspecified atom stereocenters. The molecule has 0 aromatic carbocycles. The van der Waals surface area contributed by atoms with E-state index in [0.29, 0.717) is 62.8 Å². The van der Waals surface area contributed by atoms with Crippen LogP contribution in [0.1, 0.15) is 34.6 Å². The van der Waals surface area contributed by atoms with Gasteiger partial charge in [0.05, 0.1) is 11.1 Å². The molecule has 1 aliphatic heterocycles. The van der Waals surface area contributed by atoms with E-state index in [2.05, 4.69) is 25.6 Å². The fourth-order valence-corrected chi connectivity index (χ4v) is 3.64. The number of carboxylic acids is 1. The van der Waals surface area contributed by atoms with E-state index < -0.39 is 5.97 Å². The number of aromatic amines is 1. The molecule has 1 amide bonds. The number of aromatic nitrogens is 6. The summed E-state index contributed by atoms with van der Waals surface area (Å²) < 4.78 is 1.29. The van der Waals surface area contributed by atoms with Crippen molar-refractivity contribution >= 4 is 35.5 Å². The van der Waals surface area contributed by atoms with E-state index in [1.165, 1.54) is 28.8 Å². The third-order valence-corrected chi connectivity index (χ3v) is 5.38. The third kappa shape index (κ3) is 4.72. The normalized spacial score (nSPS) is 14.3. The minimum Gasteiger partial charge on any atom is -0.478 e. The highest BCUT2D eigenvalue weighted by Gasteiger charge is 2.24. The number of piperazine rings is 1. The van der Waals surface area contributed by atoms with Crippen molar-refractivity contribution in [3.05, 3.63) is 45.6 Å².